The molecule has 0 saturated heterocycles. The third kappa shape index (κ3) is 3.82. The number of aliphatic hydroxyl groups excluding tert-OH is 1. The molecular formula is C20H24N2O3. The fourth-order valence-corrected chi connectivity index (χ4v) is 3.36. The van der Waals surface area contributed by atoms with Crippen LogP contribution >= 0.6 is 0 Å². The molecule has 2 aromatic rings. The summed E-state index contributed by atoms with van der Waals surface area (Å²) in [7, 11) is 1.57. The van der Waals surface area contributed by atoms with Crippen molar-refractivity contribution in [1.29, 1.82) is 0 Å². The predicted octanol–water partition coefficient (Wildman–Crippen LogP) is 2.95. The van der Waals surface area contributed by atoms with Crippen LogP contribution in [0, 0.1) is 19.8 Å². The smallest absolute Gasteiger partial charge is 0.252 e. The molecule has 1 aliphatic rings. The van der Waals surface area contributed by atoms with E-state index in [2.05, 4.69) is 10.3 Å². The van der Waals surface area contributed by atoms with Crippen molar-refractivity contribution in [2.75, 3.05) is 7.11 Å². The average Bonchev–Trinajstić information content (AvgIpc) is 2.57. The Morgan fingerprint density at radius 2 is 2.04 bits per heavy atom. The monoisotopic (exact) mass is 340 g/mol. The number of aliphatic hydroxyl groups is 1. The van der Waals surface area contributed by atoms with Crippen molar-refractivity contribution < 1.29 is 14.6 Å². The summed E-state index contributed by atoms with van der Waals surface area (Å²) in [6.45, 7) is 3.95. The molecule has 1 aromatic carbocycles. The summed E-state index contributed by atoms with van der Waals surface area (Å²) in [5, 5.41) is 12.8. The van der Waals surface area contributed by atoms with E-state index < -0.39 is 0 Å². The zero-order valence-corrected chi connectivity index (χ0v) is 14.8. The van der Waals surface area contributed by atoms with Gasteiger partial charge in [-0.3, -0.25) is 4.79 Å². The topological polar surface area (TPSA) is 71.5 Å². The van der Waals surface area contributed by atoms with Gasteiger partial charge in [-0.1, -0.05) is 23.8 Å². The minimum Gasteiger partial charge on any atom is -0.481 e. The van der Waals surface area contributed by atoms with Gasteiger partial charge in [0, 0.05) is 17.8 Å². The van der Waals surface area contributed by atoms with Crippen LogP contribution in [-0.2, 0) is 0 Å². The van der Waals surface area contributed by atoms with Gasteiger partial charge in [0.2, 0.25) is 5.88 Å². The van der Waals surface area contributed by atoms with Crippen LogP contribution in [0.15, 0.2) is 36.5 Å². The summed E-state index contributed by atoms with van der Waals surface area (Å²) < 4.78 is 5.11. The Kier molecular flexibility index (Phi) is 5.04. The number of rotatable bonds is 5. The summed E-state index contributed by atoms with van der Waals surface area (Å²) in [5.74, 6) is 0.649. The van der Waals surface area contributed by atoms with Gasteiger partial charge in [-0.15, -0.1) is 0 Å². The van der Waals surface area contributed by atoms with E-state index >= 15 is 0 Å². The maximum absolute atomic E-state index is 12.8. The molecule has 25 heavy (non-hydrogen) atoms. The number of carbonyl (C=O) groups excluding carboxylic acids is 1. The molecule has 1 aliphatic carbocycles. The number of methoxy groups -OCH3 is 1. The summed E-state index contributed by atoms with van der Waals surface area (Å²) in [6.07, 6.45) is 2.82. The number of amides is 1. The number of ether oxygens (including phenoxy) is 1. The second-order valence-corrected chi connectivity index (χ2v) is 6.79. The van der Waals surface area contributed by atoms with E-state index in [0.717, 1.165) is 16.7 Å². The van der Waals surface area contributed by atoms with Gasteiger partial charge in [0.25, 0.3) is 5.91 Å². The number of nitrogens with one attached hydrogen (secondary N) is 1. The van der Waals surface area contributed by atoms with Gasteiger partial charge >= 0.3 is 0 Å². The van der Waals surface area contributed by atoms with Crippen LogP contribution in [0.2, 0.25) is 0 Å². The number of carbonyl (C=O) groups is 1. The van der Waals surface area contributed by atoms with E-state index in [9.17, 15) is 9.90 Å². The lowest BCUT2D eigenvalue weighted by atomic mass is 9.75. The van der Waals surface area contributed by atoms with Gasteiger partial charge in [-0.2, -0.15) is 0 Å². The molecule has 0 spiro atoms. The Morgan fingerprint density at radius 1 is 1.28 bits per heavy atom. The molecule has 5 heteroatoms. The van der Waals surface area contributed by atoms with Gasteiger partial charge in [-0.05, 0) is 49.8 Å². The molecule has 0 bridgehead atoms. The van der Waals surface area contributed by atoms with E-state index in [1.54, 1.807) is 19.4 Å². The van der Waals surface area contributed by atoms with Crippen molar-refractivity contribution in [1.82, 2.24) is 10.3 Å². The number of pyridine rings is 1. The third-order valence-electron chi connectivity index (χ3n) is 4.86. The first kappa shape index (κ1) is 17.4. The molecule has 0 aliphatic heterocycles. The molecule has 1 heterocycles. The fraction of sp³-hybridized carbons (Fsp3) is 0.400. The maximum Gasteiger partial charge on any atom is 0.252 e. The van der Waals surface area contributed by atoms with E-state index in [0.29, 0.717) is 24.3 Å². The van der Waals surface area contributed by atoms with Gasteiger partial charge in [-0.25, -0.2) is 4.98 Å². The molecular weight excluding hydrogens is 316 g/mol. The first-order valence-electron chi connectivity index (χ1n) is 8.54. The lowest BCUT2D eigenvalue weighted by Gasteiger charge is -2.38. The van der Waals surface area contributed by atoms with Crippen LogP contribution in [0.1, 0.15) is 45.9 Å². The number of hydrogen-bond donors (Lipinski definition) is 2. The normalized spacial score (nSPS) is 20.5. The molecule has 1 fully saturated rings. The largest absolute Gasteiger partial charge is 0.481 e. The number of aromatic nitrogens is 1. The van der Waals surface area contributed by atoms with Crippen LogP contribution in [0.5, 0.6) is 5.88 Å². The second-order valence-electron chi connectivity index (χ2n) is 6.79. The van der Waals surface area contributed by atoms with E-state index in [1.807, 2.05) is 38.1 Å². The van der Waals surface area contributed by atoms with Crippen LogP contribution in [0.3, 0.4) is 0 Å². The number of hydrogen-bond acceptors (Lipinski definition) is 4. The summed E-state index contributed by atoms with van der Waals surface area (Å²) >= 11 is 0. The number of benzene rings is 1. The van der Waals surface area contributed by atoms with E-state index in [-0.39, 0.29) is 24.0 Å². The highest BCUT2D eigenvalue weighted by atomic mass is 16.5. The van der Waals surface area contributed by atoms with Crippen LogP contribution in [-0.4, -0.2) is 29.2 Å². The average molecular weight is 340 g/mol. The van der Waals surface area contributed by atoms with Crippen molar-refractivity contribution in [2.45, 2.75) is 38.8 Å². The van der Waals surface area contributed by atoms with Crippen LogP contribution < -0.4 is 10.1 Å². The molecule has 1 aromatic heterocycles. The molecule has 1 amide bonds. The molecule has 3 rings (SSSR count). The van der Waals surface area contributed by atoms with E-state index in [4.69, 9.17) is 4.74 Å². The molecule has 0 radical (unpaired) electrons. The Balaban J connectivity index is 1.83. The SMILES string of the molecule is COc1ccc([C@H](NC(=O)c2ccc(C)cc2C)C2CC(O)C2)cn1. The number of nitrogens with zero attached hydrogens (tertiary/aromatic N) is 1. The first-order valence-corrected chi connectivity index (χ1v) is 8.54. The molecule has 2 N–H and O–H groups in total. The van der Waals surface area contributed by atoms with Crippen molar-refractivity contribution in [3.05, 3.63) is 58.8 Å². The van der Waals surface area contributed by atoms with Crippen molar-refractivity contribution in [3.63, 3.8) is 0 Å². The maximum atomic E-state index is 12.8. The summed E-state index contributed by atoms with van der Waals surface area (Å²) in [4.78, 5) is 17.0. The van der Waals surface area contributed by atoms with Crippen molar-refractivity contribution in [3.8, 4) is 5.88 Å². The van der Waals surface area contributed by atoms with Crippen LogP contribution in [0.25, 0.3) is 0 Å². The van der Waals surface area contributed by atoms with Gasteiger partial charge in [0.15, 0.2) is 0 Å². The molecule has 1 atom stereocenters. The van der Waals surface area contributed by atoms with Crippen molar-refractivity contribution >= 4 is 5.91 Å². The third-order valence-corrected chi connectivity index (χ3v) is 4.86. The Morgan fingerprint density at radius 3 is 2.60 bits per heavy atom. The summed E-state index contributed by atoms with van der Waals surface area (Å²) in [6, 6.07) is 9.35. The highest BCUT2D eigenvalue weighted by Crippen LogP contribution is 2.38. The molecule has 132 valence electrons. The lowest BCUT2D eigenvalue weighted by molar-refractivity contribution is 0.0234. The zero-order chi connectivity index (χ0) is 18.0. The Bertz CT molecular complexity index is 752. The quantitative estimate of drug-likeness (QED) is 0.878. The van der Waals surface area contributed by atoms with Crippen LogP contribution in [0.4, 0.5) is 0 Å². The zero-order valence-electron chi connectivity index (χ0n) is 14.8. The predicted molar refractivity (Wildman–Crippen MR) is 95.6 cm³/mol. The standard InChI is InChI=1S/C20H24N2O3/c1-12-4-6-17(13(2)8-12)20(24)22-19(15-9-16(23)10-15)14-5-7-18(25-3)21-11-14/h4-8,11,15-16,19,23H,9-10H2,1-3H3,(H,22,24)/t15?,16?,19-/m0/s1. The van der Waals surface area contributed by atoms with Crippen molar-refractivity contribution in [2.24, 2.45) is 5.92 Å². The Labute approximate surface area is 148 Å². The van der Waals surface area contributed by atoms with Gasteiger partial charge < -0.3 is 15.2 Å². The molecule has 5 nitrogen and oxygen atoms in total. The Hall–Kier alpha value is -2.40. The van der Waals surface area contributed by atoms with Gasteiger partial charge in [0.05, 0.1) is 19.3 Å². The molecule has 0 unspecified atom stereocenters. The highest BCUT2D eigenvalue weighted by Gasteiger charge is 2.36. The second kappa shape index (κ2) is 7.23. The lowest BCUT2D eigenvalue weighted by Crippen LogP contribution is -2.41. The number of aryl methyl sites for hydroxylation is 2. The first-order chi connectivity index (χ1) is 12.0. The summed E-state index contributed by atoms with van der Waals surface area (Å²) in [5.41, 5.74) is 3.69. The van der Waals surface area contributed by atoms with E-state index in [1.165, 1.54) is 0 Å². The minimum absolute atomic E-state index is 0.0975. The fourth-order valence-electron chi connectivity index (χ4n) is 3.36. The highest BCUT2D eigenvalue weighted by molar-refractivity contribution is 5.96. The minimum atomic E-state index is -0.281. The molecule has 1 saturated carbocycles. The van der Waals surface area contributed by atoms with Gasteiger partial charge in [0.1, 0.15) is 0 Å².